The molecule has 2 aliphatic rings. The Balaban J connectivity index is 1.50. The van der Waals surface area contributed by atoms with Crippen LogP contribution in [-0.4, -0.2) is 44.7 Å². The van der Waals surface area contributed by atoms with Crippen LogP contribution in [0.2, 0.25) is 0 Å². The van der Waals surface area contributed by atoms with Crippen LogP contribution in [0.3, 0.4) is 0 Å². The molecule has 1 heterocycles. The summed E-state index contributed by atoms with van der Waals surface area (Å²) in [6, 6.07) is 0.364. The number of fused-ring (bicyclic) bond motifs is 1. The molecule has 2 saturated carbocycles. The van der Waals surface area contributed by atoms with Gasteiger partial charge in [0.1, 0.15) is 5.82 Å². The second-order valence-electron chi connectivity index (χ2n) is 6.92. The monoisotopic (exact) mass is 305 g/mol. The molecule has 1 aromatic heterocycles. The van der Waals surface area contributed by atoms with E-state index in [2.05, 4.69) is 16.5 Å². The highest BCUT2D eigenvalue weighted by atomic mass is 16.3. The van der Waals surface area contributed by atoms with Gasteiger partial charge >= 0.3 is 0 Å². The first-order chi connectivity index (χ1) is 10.6. The van der Waals surface area contributed by atoms with Crippen LogP contribution in [0.5, 0.6) is 0 Å². The van der Waals surface area contributed by atoms with Crippen molar-refractivity contribution in [3.8, 4) is 0 Å². The van der Waals surface area contributed by atoms with Crippen LogP contribution in [0.25, 0.3) is 0 Å². The van der Waals surface area contributed by atoms with Crippen LogP contribution >= 0.6 is 0 Å². The van der Waals surface area contributed by atoms with E-state index >= 15 is 0 Å². The molecule has 122 valence electrons. The van der Waals surface area contributed by atoms with Crippen molar-refractivity contribution in [2.45, 2.75) is 64.1 Å². The Hall–Kier alpha value is -1.36. The SMILES string of the molecule is CCc1nccn1CCC(=O)N(C)C1C[C@H]2CC(O)C[C@H]2C1. The quantitative estimate of drug-likeness (QED) is 0.903. The zero-order valence-electron chi connectivity index (χ0n) is 13.6. The molecule has 0 saturated heterocycles. The molecular weight excluding hydrogens is 278 g/mol. The largest absolute Gasteiger partial charge is 0.393 e. The zero-order valence-corrected chi connectivity index (χ0v) is 13.6. The number of carbonyl (C=O) groups is 1. The van der Waals surface area contributed by atoms with Crippen molar-refractivity contribution in [2.75, 3.05) is 7.05 Å². The lowest BCUT2D eigenvalue weighted by Crippen LogP contribution is -2.36. The average molecular weight is 305 g/mol. The summed E-state index contributed by atoms with van der Waals surface area (Å²) in [6.45, 7) is 2.79. The van der Waals surface area contributed by atoms with Crippen molar-refractivity contribution >= 4 is 5.91 Å². The van der Waals surface area contributed by atoms with Crippen LogP contribution in [0.15, 0.2) is 12.4 Å². The van der Waals surface area contributed by atoms with Gasteiger partial charge in [-0.3, -0.25) is 4.79 Å². The van der Waals surface area contributed by atoms with Gasteiger partial charge in [0.15, 0.2) is 0 Å². The maximum atomic E-state index is 12.5. The number of aliphatic hydroxyl groups is 1. The van der Waals surface area contributed by atoms with Gasteiger partial charge in [-0.2, -0.15) is 0 Å². The molecule has 0 aromatic carbocycles. The maximum absolute atomic E-state index is 12.5. The fourth-order valence-electron chi connectivity index (χ4n) is 4.32. The van der Waals surface area contributed by atoms with E-state index in [9.17, 15) is 9.90 Å². The topological polar surface area (TPSA) is 58.4 Å². The predicted octanol–water partition coefficient (Wildman–Crippen LogP) is 1.84. The predicted molar refractivity (Wildman–Crippen MR) is 84.2 cm³/mol. The Kier molecular flexibility index (Phi) is 4.52. The summed E-state index contributed by atoms with van der Waals surface area (Å²) in [5.74, 6) is 2.51. The molecule has 1 N–H and O–H groups in total. The number of aryl methyl sites for hydroxylation is 2. The zero-order chi connectivity index (χ0) is 15.7. The summed E-state index contributed by atoms with van der Waals surface area (Å²) in [6.07, 6.45) is 9.07. The van der Waals surface area contributed by atoms with Crippen molar-refractivity contribution in [1.29, 1.82) is 0 Å². The number of hydrogen-bond donors (Lipinski definition) is 1. The van der Waals surface area contributed by atoms with Crippen molar-refractivity contribution < 1.29 is 9.90 Å². The summed E-state index contributed by atoms with van der Waals surface area (Å²) in [7, 11) is 1.94. The Bertz CT molecular complexity index is 514. The minimum absolute atomic E-state index is 0.106. The van der Waals surface area contributed by atoms with Gasteiger partial charge < -0.3 is 14.6 Å². The molecule has 0 spiro atoms. The number of aromatic nitrogens is 2. The second-order valence-corrected chi connectivity index (χ2v) is 6.92. The smallest absolute Gasteiger partial charge is 0.224 e. The molecule has 2 aliphatic carbocycles. The summed E-state index contributed by atoms with van der Waals surface area (Å²) in [4.78, 5) is 18.7. The Labute approximate surface area is 132 Å². The minimum atomic E-state index is -0.106. The van der Waals surface area contributed by atoms with E-state index < -0.39 is 0 Å². The highest BCUT2D eigenvalue weighted by Crippen LogP contribution is 2.45. The Morgan fingerprint density at radius 2 is 2.05 bits per heavy atom. The fraction of sp³-hybridized carbons (Fsp3) is 0.765. The second kappa shape index (κ2) is 6.41. The van der Waals surface area contributed by atoms with Gasteiger partial charge in [-0.15, -0.1) is 0 Å². The summed E-state index contributed by atoms with van der Waals surface area (Å²) >= 11 is 0. The molecule has 2 fully saturated rings. The summed E-state index contributed by atoms with van der Waals surface area (Å²) < 4.78 is 2.07. The van der Waals surface area contributed by atoms with E-state index in [1.54, 1.807) is 6.20 Å². The van der Waals surface area contributed by atoms with E-state index in [1.165, 1.54) is 0 Å². The van der Waals surface area contributed by atoms with Crippen LogP contribution in [0.4, 0.5) is 0 Å². The van der Waals surface area contributed by atoms with Gasteiger partial charge in [-0.05, 0) is 37.5 Å². The van der Waals surface area contributed by atoms with Crippen molar-refractivity contribution in [3.63, 3.8) is 0 Å². The molecule has 22 heavy (non-hydrogen) atoms. The number of aliphatic hydroxyl groups excluding tert-OH is 1. The van der Waals surface area contributed by atoms with Crippen LogP contribution < -0.4 is 0 Å². The minimum Gasteiger partial charge on any atom is -0.393 e. The Morgan fingerprint density at radius 1 is 1.36 bits per heavy atom. The van der Waals surface area contributed by atoms with Crippen LogP contribution in [0, 0.1) is 11.8 Å². The number of rotatable bonds is 5. The average Bonchev–Trinajstić information content (AvgIpc) is 3.17. The molecule has 0 aliphatic heterocycles. The third-order valence-corrected chi connectivity index (χ3v) is 5.59. The van der Waals surface area contributed by atoms with E-state index in [-0.39, 0.29) is 12.0 Å². The van der Waals surface area contributed by atoms with E-state index in [1.807, 2.05) is 18.1 Å². The lowest BCUT2D eigenvalue weighted by molar-refractivity contribution is -0.132. The molecule has 5 heteroatoms. The van der Waals surface area contributed by atoms with Gasteiger partial charge in [0.2, 0.25) is 5.91 Å². The highest BCUT2D eigenvalue weighted by molar-refractivity contribution is 5.76. The van der Waals surface area contributed by atoms with Gasteiger partial charge in [-0.1, -0.05) is 6.92 Å². The van der Waals surface area contributed by atoms with E-state index in [0.29, 0.717) is 30.8 Å². The van der Waals surface area contributed by atoms with E-state index in [0.717, 1.165) is 37.9 Å². The normalized spacial score (nSPS) is 30.5. The van der Waals surface area contributed by atoms with Gasteiger partial charge in [-0.25, -0.2) is 4.98 Å². The lowest BCUT2D eigenvalue weighted by Gasteiger charge is -2.26. The summed E-state index contributed by atoms with van der Waals surface area (Å²) in [5.41, 5.74) is 0. The number of hydrogen-bond acceptors (Lipinski definition) is 3. The third-order valence-electron chi connectivity index (χ3n) is 5.59. The van der Waals surface area contributed by atoms with Gasteiger partial charge in [0, 0.05) is 44.9 Å². The molecule has 3 rings (SSSR count). The van der Waals surface area contributed by atoms with Crippen molar-refractivity contribution in [2.24, 2.45) is 11.8 Å². The maximum Gasteiger partial charge on any atom is 0.224 e. The van der Waals surface area contributed by atoms with Crippen LogP contribution in [-0.2, 0) is 17.8 Å². The fourth-order valence-corrected chi connectivity index (χ4v) is 4.32. The molecule has 0 bridgehead atoms. The van der Waals surface area contributed by atoms with Gasteiger partial charge in [0.05, 0.1) is 6.10 Å². The lowest BCUT2D eigenvalue weighted by atomic mass is 10.0. The molecule has 1 amide bonds. The third kappa shape index (κ3) is 3.05. The number of nitrogens with zero attached hydrogens (tertiary/aromatic N) is 3. The molecule has 4 atom stereocenters. The van der Waals surface area contributed by atoms with Gasteiger partial charge in [0.25, 0.3) is 0 Å². The van der Waals surface area contributed by atoms with Crippen LogP contribution in [0.1, 0.15) is 44.9 Å². The molecule has 5 nitrogen and oxygen atoms in total. The molecule has 2 unspecified atom stereocenters. The first kappa shape index (κ1) is 15.5. The summed E-state index contributed by atoms with van der Waals surface area (Å²) in [5, 5.41) is 9.72. The van der Waals surface area contributed by atoms with E-state index in [4.69, 9.17) is 0 Å². The van der Waals surface area contributed by atoms with Crippen molar-refractivity contribution in [3.05, 3.63) is 18.2 Å². The van der Waals surface area contributed by atoms with Crippen molar-refractivity contribution in [1.82, 2.24) is 14.5 Å². The highest BCUT2D eigenvalue weighted by Gasteiger charge is 2.42. The molecule has 1 aromatic rings. The number of amides is 1. The Morgan fingerprint density at radius 3 is 2.68 bits per heavy atom. The molecular formula is C17H27N3O2. The first-order valence-electron chi connectivity index (χ1n) is 8.52. The standard InChI is InChI=1S/C17H27N3O2/c1-3-16-18-5-7-20(16)6-4-17(22)19(2)14-8-12-10-15(21)11-13(12)9-14/h5,7,12-15,21H,3-4,6,8-11H2,1-2H3/t12-,13+,14?,15?. The number of carbonyl (C=O) groups excluding carboxylic acids is 1. The molecule has 0 radical (unpaired) electrons. The number of imidazole rings is 1. The first-order valence-corrected chi connectivity index (χ1v) is 8.52.